The van der Waals surface area contributed by atoms with Crippen molar-refractivity contribution in [2.45, 2.75) is 26.7 Å². The van der Waals surface area contributed by atoms with Crippen molar-refractivity contribution in [1.82, 2.24) is 15.8 Å². The summed E-state index contributed by atoms with van der Waals surface area (Å²) in [6, 6.07) is 7.01. The number of carbonyl (C=O) groups is 3. The van der Waals surface area contributed by atoms with Crippen LogP contribution in [0.1, 0.15) is 24.0 Å². The molecule has 0 unspecified atom stereocenters. The van der Waals surface area contributed by atoms with E-state index in [1.165, 1.54) is 11.3 Å². The Balaban J connectivity index is 1.57. The minimum Gasteiger partial charge on any atom is -0.494 e. The predicted octanol–water partition coefficient (Wildman–Crippen LogP) is 1.55. The van der Waals surface area contributed by atoms with Crippen LogP contribution in [0.4, 0.5) is 0 Å². The van der Waals surface area contributed by atoms with Gasteiger partial charge in [0.25, 0.3) is 5.91 Å². The minimum atomic E-state index is -0.644. The van der Waals surface area contributed by atoms with Crippen molar-refractivity contribution in [2.75, 3.05) is 19.8 Å². The molecule has 1 aromatic carbocycles. The van der Waals surface area contributed by atoms with Crippen LogP contribution in [0.15, 0.2) is 29.6 Å². The largest absolute Gasteiger partial charge is 0.494 e. The third kappa shape index (κ3) is 8.60. The number of esters is 1. The molecule has 156 valence electrons. The van der Waals surface area contributed by atoms with Crippen LogP contribution in [0, 0.1) is 6.92 Å². The highest BCUT2D eigenvalue weighted by Gasteiger charge is 2.11. The van der Waals surface area contributed by atoms with Gasteiger partial charge in [0.15, 0.2) is 6.61 Å². The number of nitrogens with zero attached hydrogens (tertiary/aromatic N) is 1. The zero-order chi connectivity index (χ0) is 21.1. The summed E-state index contributed by atoms with van der Waals surface area (Å²) in [7, 11) is 0. The van der Waals surface area contributed by atoms with Crippen LogP contribution in [0.3, 0.4) is 0 Å². The number of benzene rings is 1. The zero-order valence-electron chi connectivity index (χ0n) is 16.2. The molecular weight excluding hydrogens is 398 g/mol. The summed E-state index contributed by atoms with van der Waals surface area (Å²) < 4.78 is 15.6. The summed E-state index contributed by atoms with van der Waals surface area (Å²) in [6.07, 6.45) is 0.0394. The van der Waals surface area contributed by atoms with Gasteiger partial charge in [-0.3, -0.25) is 25.2 Å². The van der Waals surface area contributed by atoms with Crippen molar-refractivity contribution in [3.05, 3.63) is 40.3 Å². The van der Waals surface area contributed by atoms with Gasteiger partial charge in [-0.2, -0.15) is 0 Å². The Labute approximate surface area is 172 Å². The van der Waals surface area contributed by atoms with Gasteiger partial charge in [-0.1, -0.05) is 0 Å². The molecule has 0 aliphatic heterocycles. The van der Waals surface area contributed by atoms with Crippen LogP contribution in [-0.2, 0) is 25.5 Å². The molecule has 0 fully saturated rings. The number of aromatic nitrogens is 1. The second-order valence-electron chi connectivity index (χ2n) is 5.82. The van der Waals surface area contributed by atoms with Gasteiger partial charge in [0.1, 0.15) is 16.5 Å². The molecule has 2 amide bonds. The van der Waals surface area contributed by atoms with E-state index in [1.54, 1.807) is 24.3 Å². The molecule has 2 rings (SSSR count). The highest BCUT2D eigenvalue weighted by molar-refractivity contribution is 7.09. The molecule has 29 heavy (non-hydrogen) atoms. The first kappa shape index (κ1) is 22.2. The number of aryl methyl sites for hydroxylation is 1. The van der Waals surface area contributed by atoms with E-state index < -0.39 is 24.4 Å². The Kier molecular flexibility index (Phi) is 8.90. The molecule has 1 aromatic heterocycles. The number of thiazole rings is 1. The van der Waals surface area contributed by atoms with Crippen molar-refractivity contribution in [3.8, 4) is 11.5 Å². The van der Waals surface area contributed by atoms with Crippen LogP contribution < -0.4 is 20.3 Å². The zero-order valence-corrected chi connectivity index (χ0v) is 17.0. The average molecular weight is 421 g/mol. The summed E-state index contributed by atoms with van der Waals surface area (Å²) in [6.45, 7) is 3.91. The van der Waals surface area contributed by atoms with Gasteiger partial charge in [-0.05, 0) is 38.1 Å². The second-order valence-corrected chi connectivity index (χ2v) is 6.76. The van der Waals surface area contributed by atoms with E-state index in [0.717, 1.165) is 11.4 Å². The van der Waals surface area contributed by atoms with E-state index >= 15 is 0 Å². The molecule has 0 saturated heterocycles. The molecule has 0 bridgehead atoms. The first-order valence-corrected chi connectivity index (χ1v) is 9.84. The monoisotopic (exact) mass is 421 g/mol. The number of hydrogen-bond acceptors (Lipinski definition) is 8. The lowest BCUT2D eigenvalue weighted by Gasteiger charge is -2.09. The molecule has 0 atom stereocenters. The quantitative estimate of drug-likeness (QED) is 0.442. The Morgan fingerprint density at radius 3 is 2.31 bits per heavy atom. The van der Waals surface area contributed by atoms with Crippen molar-refractivity contribution >= 4 is 29.1 Å². The normalized spacial score (nSPS) is 10.1. The van der Waals surface area contributed by atoms with E-state index in [9.17, 15) is 14.4 Å². The summed E-state index contributed by atoms with van der Waals surface area (Å²) in [4.78, 5) is 39.2. The molecule has 1 heterocycles. The van der Waals surface area contributed by atoms with Crippen LogP contribution in [0.25, 0.3) is 0 Å². The number of rotatable bonds is 10. The third-order valence-electron chi connectivity index (χ3n) is 3.39. The summed E-state index contributed by atoms with van der Waals surface area (Å²) in [5, 5.41) is 2.48. The van der Waals surface area contributed by atoms with Crippen molar-refractivity contribution in [2.24, 2.45) is 0 Å². The fraction of sp³-hybridized carbons (Fsp3) is 0.368. The second kappa shape index (κ2) is 11.6. The molecule has 2 N–H and O–H groups in total. The highest BCUT2D eigenvalue weighted by atomic mass is 32.1. The number of nitrogens with one attached hydrogen (secondary N) is 2. The average Bonchev–Trinajstić information content (AvgIpc) is 3.11. The van der Waals surface area contributed by atoms with Gasteiger partial charge in [-0.15, -0.1) is 11.3 Å². The topological polar surface area (TPSA) is 116 Å². The van der Waals surface area contributed by atoms with Crippen molar-refractivity contribution in [3.63, 3.8) is 0 Å². The van der Waals surface area contributed by atoms with Crippen LogP contribution in [-0.4, -0.2) is 42.6 Å². The number of ether oxygens (including phenoxy) is 3. The van der Waals surface area contributed by atoms with Gasteiger partial charge in [0, 0.05) is 11.1 Å². The summed E-state index contributed by atoms with van der Waals surface area (Å²) in [5.74, 6) is -0.316. The Bertz CT molecular complexity index is 822. The third-order valence-corrected chi connectivity index (χ3v) is 4.36. The molecule has 0 spiro atoms. The standard InChI is InChI=1S/C19H23N3O6S/c1-3-26-14-4-6-15(7-5-14)27-9-8-19(25)28-11-17(24)22-21-16(23)10-18-20-13(2)12-29-18/h4-7,12H,3,8-11H2,1-2H3,(H,21,23)(H,22,24). The summed E-state index contributed by atoms with van der Waals surface area (Å²) >= 11 is 1.36. The maximum absolute atomic E-state index is 11.7. The van der Waals surface area contributed by atoms with Gasteiger partial charge in [-0.25, -0.2) is 4.98 Å². The lowest BCUT2D eigenvalue weighted by molar-refractivity contribution is -0.149. The molecule has 0 aliphatic rings. The fourth-order valence-corrected chi connectivity index (χ4v) is 2.88. The fourth-order valence-electron chi connectivity index (χ4n) is 2.11. The molecule has 2 aromatic rings. The Hall–Kier alpha value is -3.14. The van der Waals surface area contributed by atoms with Crippen LogP contribution in [0.5, 0.6) is 11.5 Å². The molecule has 0 saturated carbocycles. The lowest BCUT2D eigenvalue weighted by atomic mass is 10.3. The number of hydrogen-bond donors (Lipinski definition) is 2. The smallest absolute Gasteiger partial charge is 0.309 e. The Morgan fingerprint density at radius 1 is 1.03 bits per heavy atom. The summed E-state index contributed by atoms with van der Waals surface area (Å²) in [5.41, 5.74) is 5.26. The number of amides is 2. The highest BCUT2D eigenvalue weighted by Crippen LogP contribution is 2.17. The lowest BCUT2D eigenvalue weighted by Crippen LogP contribution is -2.44. The van der Waals surface area contributed by atoms with Gasteiger partial charge < -0.3 is 14.2 Å². The number of hydrazine groups is 1. The first-order valence-electron chi connectivity index (χ1n) is 8.96. The maximum Gasteiger partial charge on any atom is 0.309 e. The molecule has 10 heteroatoms. The molecule has 9 nitrogen and oxygen atoms in total. The predicted molar refractivity (Wildman–Crippen MR) is 106 cm³/mol. The van der Waals surface area contributed by atoms with E-state index in [1.807, 2.05) is 19.2 Å². The number of carbonyl (C=O) groups excluding carboxylic acids is 3. The maximum atomic E-state index is 11.7. The molecule has 0 aliphatic carbocycles. The molecule has 0 radical (unpaired) electrons. The minimum absolute atomic E-state index is 0.0176. The van der Waals surface area contributed by atoms with Crippen LogP contribution in [0.2, 0.25) is 0 Å². The Morgan fingerprint density at radius 2 is 1.69 bits per heavy atom. The van der Waals surface area contributed by atoms with Crippen LogP contribution >= 0.6 is 11.3 Å². The van der Waals surface area contributed by atoms with Crippen molar-refractivity contribution in [1.29, 1.82) is 0 Å². The van der Waals surface area contributed by atoms with Gasteiger partial charge in [0.05, 0.1) is 26.1 Å². The van der Waals surface area contributed by atoms with E-state index in [2.05, 4.69) is 15.8 Å². The molecular formula is C19H23N3O6S. The van der Waals surface area contributed by atoms with Gasteiger partial charge in [0.2, 0.25) is 5.91 Å². The van der Waals surface area contributed by atoms with E-state index in [4.69, 9.17) is 14.2 Å². The SMILES string of the molecule is CCOc1ccc(OCCC(=O)OCC(=O)NNC(=O)Cc2nc(C)cs2)cc1. The first-order chi connectivity index (χ1) is 14.0. The van der Waals surface area contributed by atoms with E-state index in [0.29, 0.717) is 17.4 Å². The van der Waals surface area contributed by atoms with Crippen molar-refractivity contribution < 1.29 is 28.6 Å². The van der Waals surface area contributed by atoms with E-state index in [-0.39, 0.29) is 19.4 Å². The van der Waals surface area contributed by atoms with Gasteiger partial charge >= 0.3 is 5.97 Å².